The third-order valence-electron chi connectivity index (χ3n) is 3.80. The van der Waals surface area contributed by atoms with Crippen molar-refractivity contribution in [2.45, 2.75) is 45.1 Å². The summed E-state index contributed by atoms with van der Waals surface area (Å²) in [6.07, 6.45) is 7.70. The van der Waals surface area contributed by atoms with E-state index in [9.17, 15) is 4.79 Å². The van der Waals surface area contributed by atoms with Gasteiger partial charge in [-0.1, -0.05) is 26.2 Å². The van der Waals surface area contributed by atoms with Crippen LogP contribution in [0.2, 0.25) is 0 Å². The number of methoxy groups -OCH3 is 1. The summed E-state index contributed by atoms with van der Waals surface area (Å²) in [5, 5.41) is 0. The van der Waals surface area contributed by atoms with Gasteiger partial charge in [0.25, 0.3) is 0 Å². The first kappa shape index (κ1) is 11.5. The standard InChI is InChI=1S/C13H20O3/c1-9-11(15-2)8-12(14)16-13(9)10-6-4-3-5-7-10/h8-10,13H,3-7H2,1-2H3/t9-,13+/m0/s1. The van der Waals surface area contributed by atoms with E-state index < -0.39 is 0 Å². The third-order valence-corrected chi connectivity index (χ3v) is 3.80. The van der Waals surface area contributed by atoms with Crippen LogP contribution in [0.5, 0.6) is 0 Å². The molecule has 0 bridgehead atoms. The van der Waals surface area contributed by atoms with Crippen LogP contribution in [0.25, 0.3) is 0 Å². The Balaban J connectivity index is 2.09. The SMILES string of the molecule is COC1=CC(=O)O[C@@H](C2CCCCC2)[C@H]1C. The van der Waals surface area contributed by atoms with Crippen LogP contribution in [0, 0.1) is 11.8 Å². The molecule has 0 amide bonds. The van der Waals surface area contributed by atoms with Gasteiger partial charge in [0, 0.05) is 0 Å². The monoisotopic (exact) mass is 224 g/mol. The van der Waals surface area contributed by atoms with Gasteiger partial charge < -0.3 is 9.47 Å². The molecule has 0 aromatic heterocycles. The molecule has 0 unspecified atom stereocenters. The molecule has 3 nitrogen and oxygen atoms in total. The maximum atomic E-state index is 11.5. The summed E-state index contributed by atoms with van der Waals surface area (Å²) in [4.78, 5) is 11.5. The minimum atomic E-state index is -0.245. The summed E-state index contributed by atoms with van der Waals surface area (Å²) in [5.74, 6) is 1.25. The van der Waals surface area contributed by atoms with Crippen LogP contribution < -0.4 is 0 Å². The molecule has 0 aromatic carbocycles. The molecule has 3 heteroatoms. The van der Waals surface area contributed by atoms with E-state index in [1.807, 2.05) is 0 Å². The fraction of sp³-hybridized carbons (Fsp3) is 0.769. The Bertz CT molecular complexity index is 290. The number of hydrogen-bond acceptors (Lipinski definition) is 3. The summed E-state index contributed by atoms with van der Waals surface area (Å²) in [6.45, 7) is 2.08. The lowest BCUT2D eigenvalue weighted by Crippen LogP contribution is -2.38. The lowest BCUT2D eigenvalue weighted by Gasteiger charge is -2.36. The van der Waals surface area contributed by atoms with Crippen molar-refractivity contribution in [1.29, 1.82) is 0 Å². The molecule has 1 fully saturated rings. The lowest BCUT2D eigenvalue weighted by molar-refractivity contribution is -0.152. The van der Waals surface area contributed by atoms with Crippen molar-refractivity contribution in [2.24, 2.45) is 11.8 Å². The topological polar surface area (TPSA) is 35.5 Å². The van der Waals surface area contributed by atoms with Gasteiger partial charge in [-0.25, -0.2) is 4.79 Å². The summed E-state index contributed by atoms with van der Waals surface area (Å²) in [6, 6.07) is 0. The van der Waals surface area contributed by atoms with Crippen LogP contribution in [0.1, 0.15) is 39.0 Å². The molecule has 0 N–H and O–H groups in total. The van der Waals surface area contributed by atoms with Crippen LogP contribution in [0.3, 0.4) is 0 Å². The normalized spacial score (nSPS) is 31.9. The van der Waals surface area contributed by atoms with Gasteiger partial charge in [0.05, 0.1) is 19.1 Å². The average molecular weight is 224 g/mol. The van der Waals surface area contributed by atoms with Gasteiger partial charge in [-0.3, -0.25) is 0 Å². The predicted molar refractivity (Wildman–Crippen MR) is 60.7 cm³/mol. The van der Waals surface area contributed by atoms with E-state index in [0.29, 0.717) is 5.92 Å². The summed E-state index contributed by atoms with van der Waals surface area (Å²) < 4.78 is 10.7. The molecule has 0 saturated heterocycles. The van der Waals surface area contributed by atoms with E-state index in [1.54, 1.807) is 7.11 Å². The van der Waals surface area contributed by atoms with Gasteiger partial charge in [-0.15, -0.1) is 0 Å². The fourth-order valence-electron chi connectivity index (χ4n) is 2.89. The Kier molecular flexibility index (Phi) is 3.52. The zero-order valence-electron chi connectivity index (χ0n) is 10.1. The van der Waals surface area contributed by atoms with Crippen molar-refractivity contribution in [3.63, 3.8) is 0 Å². The van der Waals surface area contributed by atoms with Crippen molar-refractivity contribution in [2.75, 3.05) is 7.11 Å². The maximum absolute atomic E-state index is 11.5. The van der Waals surface area contributed by atoms with Crippen molar-refractivity contribution in [1.82, 2.24) is 0 Å². The highest BCUT2D eigenvalue weighted by Crippen LogP contribution is 2.35. The smallest absolute Gasteiger partial charge is 0.334 e. The van der Waals surface area contributed by atoms with Crippen LogP contribution in [-0.4, -0.2) is 19.2 Å². The van der Waals surface area contributed by atoms with E-state index in [2.05, 4.69) is 6.92 Å². The number of ether oxygens (including phenoxy) is 2. The molecule has 2 atom stereocenters. The highest BCUT2D eigenvalue weighted by Gasteiger charge is 2.36. The van der Waals surface area contributed by atoms with E-state index >= 15 is 0 Å². The minimum absolute atomic E-state index is 0.0211. The zero-order valence-corrected chi connectivity index (χ0v) is 10.1. The second kappa shape index (κ2) is 4.89. The van der Waals surface area contributed by atoms with Crippen molar-refractivity contribution in [3.8, 4) is 0 Å². The highest BCUT2D eigenvalue weighted by molar-refractivity contribution is 5.83. The molecule has 1 aliphatic carbocycles. The van der Waals surface area contributed by atoms with E-state index in [-0.39, 0.29) is 18.0 Å². The summed E-state index contributed by atoms with van der Waals surface area (Å²) in [7, 11) is 1.62. The largest absolute Gasteiger partial charge is 0.500 e. The van der Waals surface area contributed by atoms with E-state index in [1.165, 1.54) is 38.2 Å². The Morgan fingerprint density at radius 3 is 2.62 bits per heavy atom. The molecular weight excluding hydrogens is 204 g/mol. The number of carbonyl (C=O) groups is 1. The molecule has 0 spiro atoms. The van der Waals surface area contributed by atoms with Crippen LogP contribution >= 0.6 is 0 Å². The minimum Gasteiger partial charge on any atom is -0.500 e. The van der Waals surface area contributed by atoms with E-state index in [4.69, 9.17) is 9.47 Å². The molecule has 2 rings (SSSR count). The molecule has 1 aliphatic heterocycles. The number of rotatable bonds is 2. The first-order valence-electron chi connectivity index (χ1n) is 6.18. The number of cyclic esters (lactones) is 1. The van der Waals surface area contributed by atoms with Crippen molar-refractivity contribution < 1.29 is 14.3 Å². The second-order valence-corrected chi connectivity index (χ2v) is 4.84. The molecular formula is C13H20O3. The Morgan fingerprint density at radius 2 is 2.00 bits per heavy atom. The quantitative estimate of drug-likeness (QED) is 0.676. The van der Waals surface area contributed by atoms with Gasteiger partial charge >= 0.3 is 5.97 Å². The first-order valence-corrected chi connectivity index (χ1v) is 6.18. The Labute approximate surface area is 96.8 Å². The van der Waals surface area contributed by atoms with E-state index in [0.717, 1.165) is 5.76 Å². The molecule has 1 heterocycles. The Hall–Kier alpha value is -0.990. The van der Waals surface area contributed by atoms with Crippen LogP contribution in [-0.2, 0) is 14.3 Å². The number of hydrogen-bond donors (Lipinski definition) is 0. The summed E-state index contributed by atoms with van der Waals surface area (Å²) >= 11 is 0. The van der Waals surface area contributed by atoms with Crippen molar-refractivity contribution in [3.05, 3.63) is 11.8 Å². The first-order chi connectivity index (χ1) is 7.72. The Morgan fingerprint density at radius 1 is 1.31 bits per heavy atom. The van der Waals surface area contributed by atoms with Gasteiger partial charge in [-0.2, -0.15) is 0 Å². The molecule has 90 valence electrons. The summed E-state index contributed by atoms with van der Waals surface area (Å²) in [5.41, 5.74) is 0. The van der Waals surface area contributed by atoms with Crippen LogP contribution in [0.4, 0.5) is 0 Å². The van der Waals surface area contributed by atoms with Gasteiger partial charge in [-0.05, 0) is 18.8 Å². The van der Waals surface area contributed by atoms with Gasteiger partial charge in [0.1, 0.15) is 11.9 Å². The molecule has 16 heavy (non-hydrogen) atoms. The fourth-order valence-corrected chi connectivity index (χ4v) is 2.89. The van der Waals surface area contributed by atoms with Crippen molar-refractivity contribution >= 4 is 5.97 Å². The maximum Gasteiger partial charge on any atom is 0.334 e. The molecule has 0 aromatic rings. The van der Waals surface area contributed by atoms with Crippen LogP contribution in [0.15, 0.2) is 11.8 Å². The zero-order chi connectivity index (χ0) is 11.5. The highest BCUT2D eigenvalue weighted by atomic mass is 16.6. The predicted octanol–water partition coefficient (Wildman–Crippen LogP) is 2.66. The van der Waals surface area contributed by atoms with Gasteiger partial charge in [0.2, 0.25) is 0 Å². The molecule has 0 radical (unpaired) electrons. The number of carbonyl (C=O) groups excluding carboxylic acids is 1. The second-order valence-electron chi connectivity index (χ2n) is 4.84. The number of esters is 1. The molecule has 1 saturated carbocycles. The van der Waals surface area contributed by atoms with Gasteiger partial charge in [0.15, 0.2) is 0 Å². The third kappa shape index (κ3) is 2.23. The average Bonchev–Trinajstić information content (AvgIpc) is 2.33. The molecule has 2 aliphatic rings. The lowest BCUT2D eigenvalue weighted by atomic mass is 9.79.